The van der Waals surface area contributed by atoms with Crippen molar-refractivity contribution < 1.29 is 9.52 Å². The zero-order chi connectivity index (χ0) is 20.0. The SMILES string of the molecule is Cc1ccc(N(c2ccc(C)cc2)c2c(O)ccc3c2oc2ccccc23)cc1. The van der Waals surface area contributed by atoms with Gasteiger partial charge in [0, 0.05) is 22.1 Å². The second kappa shape index (κ2) is 6.71. The van der Waals surface area contributed by atoms with Crippen molar-refractivity contribution in [3.63, 3.8) is 0 Å². The van der Waals surface area contributed by atoms with Crippen LogP contribution in [0.4, 0.5) is 17.1 Å². The maximum absolute atomic E-state index is 10.9. The van der Waals surface area contributed by atoms with Crippen molar-refractivity contribution in [3.05, 3.63) is 96.1 Å². The molecular weight excluding hydrogens is 358 g/mol. The van der Waals surface area contributed by atoms with E-state index in [1.807, 2.05) is 30.3 Å². The summed E-state index contributed by atoms with van der Waals surface area (Å²) in [7, 11) is 0. The zero-order valence-corrected chi connectivity index (χ0v) is 16.4. The highest BCUT2D eigenvalue weighted by Gasteiger charge is 2.22. The van der Waals surface area contributed by atoms with Crippen molar-refractivity contribution in [2.45, 2.75) is 13.8 Å². The van der Waals surface area contributed by atoms with Gasteiger partial charge < -0.3 is 14.4 Å². The van der Waals surface area contributed by atoms with Crippen LogP contribution < -0.4 is 4.90 Å². The van der Waals surface area contributed by atoms with Crippen LogP contribution in [0.25, 0.3) is 21.9 Å². The molecule has 5 rings (SSSR count). The lowest BCUT2D eigenvalue weighted by Gasteiger charge is -2.26. The fourth-order valence-electron chi connectivity index (χ4n) is 3.78. The molecule has 3 heteroatoms. The van der Waals surface area contributed by atoms with Gasteiger partial charge in [0.25, 0.3) is 0 Å². The zero-order valence-electron chi connectivity index (χ0n) is 16.4. The van der Waals surface area contributed by atoms with Crippen molar-refractivity contribution in [1.29, 1.82) is 0 Å². The van der Waals surface area contributed by atoms with Gasteiger partial charge in [-0.2, -0.15) is 0 Å². The molecule has 0 amide bonds. The summed E-state index contributed by atoms with van der Waals surface area (Å²) in [6.07, 6.45) is 0. The van der Waals surface area contributed by atoms with Crippen LogP contribution in [0.5, 0.6) is 5.75 Å². The third-order valence-corrected chi connectivity index (χ3v) is 5.31. The number of aryl methyl sites for hydroxylation is 2. The summed E-state index contributed by atoms with van der Waals surface area (Å²) in [5.41, 5.74) is 6.42. The van der Waals surface area contributed by atoms with Crippen molar-refractivity contribution in [3.8, 4) is 5.75 Å². The van der Waals surface area contributed by atoms with Gasteiger partial charge in [-0.25, -0.2) is 0 Å². The normalized spacial score (nSPS) is 11.2. The van der Waals surface area contributed by atoms with E-state index in [-0.39, 0.29) is 5.75 Å². The van der Waals surface area contributed by atoms with Crippen LogP contribution >= 0.6 is 0 Å². The highest BCUT2D eigenvalue weighted by Crippen LogP contribution is 2.46. The number of rotatable bonds is 3. The third-order valence-electron chi connectivity index (χ3n) is 5.31. The molecule has 142 valence electrons. The summed E-state index contributed by atoms with van der Waals surface area (Å²) in [6, 6.07) is 28.2. The first-order chi connectivity index (χ1) is 14.1. The summed E-state index contributed by atoms with van der Waals surface area (Å²) in [5.74, 6) is 0.178. The Morgan fingerprint density at radius 2 is 1.24 bits per heavy atom. The third kappa shape index (κ3) is 2.92. The lowest BCUT2D eigenvalue weighted by Crippen LogP contribution is -2.10. The molecule has 0 saturated carbocycles. The number of furan rings is 1. The van der Waals surface area contributed by atoms with Crippen LogP contribution in [-0.2, 0) is 0 Å². The quantitative estimate of drug-likeness (QED) is 0.355. The largest absolute Gasteiger partial charge is 0.506 e. The van der Waals surface area contributed by atoms with Gasteiger partial charge in [0.15, 0.2) is 5.58 Å². The lowest BCUT2D eigenvalue weighted by atomic mass is 10.1. The van der Waals surface area contributed by atoms with Gasteiger partial charge in [-0.15, -0.1) is 0 Å². The molecule has 5 aromatic rings. The van der Waals surface area contributed by atoms with Crippen LogP contribution in [0.2, 0.25) is 0 Å². The molecule has 0 aliphatic rings. The van der Waals surface area contributed by atoms with Gasteiger partial charge in [0.2, 0.25) is 0 Å². The minimum absolute atomic E-state index is 0.178. The first kappa shape index (κ1) is 17.4. The molecule has 0 bridgehead atoms. The van der Waals surface area contributed by atoms with E-state index in [0.717, 1.165) is 27.7 Å². The molecule has 0 radical (unpaired) electrons. The monoisotopic (exact) mass is 379 g/mol. The Kier molecular flexibility index (Phi) is 4.02. The fourth-order valence-corrected chi connectivity index (χ4v) is 3.78. The van der Waals surface area contributed by atoms with E-state index in [9.17, 15) is 5.11 Å². The second-order valence-corrected chi connectivity index (χ2v) is 7.41. The summed E-state index contributed by atoms with van der Waals surface area (Å²) in [6.45, 7) is 4.13. The molecular formula is C26H21NO2. The first-order valence-electron chi connectivity index (χ1n) is 9.68. The first-order valence-corrected chi connectivity index (χ1v) is 9.68. The standard InChI is InChI=1S/C26H21NO2/c1-17-7-11-19(12-8-17)27(20-13-9-18(2)10-14-20)25-23(28)16-15-22-21-5-3-4-6-24(21)29-26(22)25/h3-16,28H,1-2H3. The predicted octanol–water partition coefficient (Wildman–Crippen LogP) is 7.38. The Bertz CT molecular complexity index is 1270. The Morgan fingerprint density at radius 1 is 0.655 bits per heavy atom. The fraction of sp³-hybridized carbons (Fsp3) is 0.0769. The summed E-state index contributed by atoms with van der Waals surface area (Å²) in [5, 5.41) is 13.0. The Labute approximate surface area is 169 Å². The Balaban J connectivity index is 1.84. The van der Waals surface area contributed by atoms with E-state index in [1.165, 1.54) is 11.1 Å². The molecule has 1 heterocycles. The summed E-state index contributed by atoms with van der Waals surface area (Å²) < 4.78 is 6.23. The number of hydrogen-bond donors (Lipinski definition) is 1. The molecule has 3 nitrogen and oxygen atoms in total. The van der Waals surface area contributed by atoms with E-state index >= 15 is 0 Å². The number of hydrogen-bond acceptors (Lipinski definition) is 3. The maximum Gasteiger partial charge on any atom is 0.163 e. The number of fused-ring (bicyclic) bond motifs is 3. The molecule has 4 aromatic carbocycles. The van der Waals surface area contributed by atoms with Gasteiger partial charge >= 0.3 is 0 Å². The lowest BCUT2D eigenvalue weighted by molar-refractivity contribution is 0.476. The van der Waals surface area contributed by atoms with E-state index in [0.29, 0.717) is 11.3 Å². The molecule has 0 aliphatic heterocycles. The number of para-hydroxylation sites is 1. The van der Waals surface area contributed by atoms with Crippen molar-refractivity contribution in [1.82, 2.24) is 0 Å². The number of anilines is 3. The van der Waals surface area contributed by atoms with Crippen LogP contribution in [-0.4, -0.2) is 5.11 Å². The molecule has 1 aromatic heterocycles. The average Bonchev–Trinajstić information content (AvgIpc) is 3.11. The van der Waals surface area contributed by atoms with E-state index in [1.54, 1.807) is 6.07 Å². The predicted molar refractivity (Wildman–Crippen MR) is 120 cm³/mol. The van der Waals surface area contributed by atoms with E-state index in [4.69, 9.17) is 4.42 Å². The molecule has 0 aliphatic carbocycles. The molecule has 0 unspecified atom stereocenters. The molecule has 0 saturated heterocycles. The highest BCUT2D eigenvalue weighted by atomic mass is 16.3. The molecule has 0 atom stereocenters. The van der Waals surface area contributed by atoms with Crippen LogP contribution in [0.3, 0.4) is 0 Å². The van der Waals surface area contributed by atoms with Gasteiger partial charge in [0.05, 0.1) is 0 Å². The summed E-state index contributed by atoms with van der Waals surface area (Å²) in [4.78, 5) is 2.05. The average molecular weight is 379 g/mol. The number of aromatic hydroxyl groups is 1. The molecule has 1 N–H and O–H groups in total. The minimum atomic E-state index is 0.178. The van der Waals surface area contributed by atoms with Gasteiger partial charge in [-0.3, -0.25) is 0 Å². The van der Waals surface area contributed by atoms with Crippen LogP contribution in [0, 0.1) is 13.8 Å². The summed E-state index contributed by atoms with van der Waals surface area (Å²) >= 11 is 0. The number of benzene rings is 4. The molecule has 0 fully saturated rings. The molecule has 0 spiro atoms. The Morgan fingerprint density at radius 3 is 1.86 bits per heavy atom. The van der Waals surface area contributed by atoms with Crippen LogP contribution in [0.15, 0.2) is 89.3 Å². The second-order valence-electron chi connectivity index (χ2n) is 7.41. The van der Waals surface area contributed by atoms with E-state index in [2.05, 4.69) is 67.3 Å². The topological polar surface area (TPSA) is 36.6 Å². The van der Waals surface area contributed by atoms with Gasteiger partial charge in [0.1, 0.15) is 17.0 Å². The smallest absolute Gasteiger partial charge is 0.163 e. The molecule has 29 heavy (non-hydrogen) atoms. The van der Waals surface area contributed by atoms with Gasteiger partial charge in [-0.1, -0.05) is 53.6 Å². The van der Waals surface area contributed by atoms with Crippen molar-refractivity contribution in [2.24, 2.45) is 0 Å². The highest BCUT2D eigenvalue weighted by molar-refractivity contribution is 6.11. The maximum atomic E-state index is 10.9. The van der Waals surface area contributed by atoms with Crippen molar-refractivity contribution >= 4 is 39.0 Å². The number of nitrogens with zero attached hydrogens (tertiary/aromatic N) is 1. The van der Waals surface area contributed by atoms with E-state index < -0.39 is 0 Å². The van der Waals surface area contributed by atoms with Gasteiger partial charge in [-0.05, 0) is 56.3 Å². The Hall–Kier alpha value is -3.72. The minimum Gasteiger partial charge on any atom is -0.506 e. The van der Waals surface area contributed by atoms with Crippen molar-refractivity contribution in [2.75, 3.05) is 4.90 Å². The number of phenolic OH excluding ortho intramolecular Hbond substituents is 1. The number of phenols is 1. The van der Waals surface area contributed by atoms with Crippen LogP contribution in [0.1, 0.15) is 11.1 Å².